The Balaban J connectivity index is 2.12. The van der Waals surface area contributed by atoms with Crippen LogP contribution in [0.3, 0.4) is 0 Å². The van der Waals surface area contributed by atoms with E-state index < -0.39 is 5.41 Å². The molecular formula is C19H28N2O2. The van der Waals surface area contributed by atoms with Crippen LogP contribution in [0.2, 0.25) is 0 Å². The Morgan fingerprint density at radius 2 is 1.74 bits per heavy atom. The van der Waals surface area contributed by atoms with Gasteiger partial charge in [0.05, 0.1) is 0 Å². The van der Waals surface area contributed by atoms with Crippen LogP contribution < -0.4 is 10.6 Å². The summed E-state index contributed by atoms with van der Waals surface area (Å²) >= 11 is 0. The second-order valence-corrected chi connectivity index (χ2v) is 7.94. The Morgan fingerprint density at radius 1 is 1.13 bits per heavy atom. The van der Waals surface area contributed by atoms with E-state index in [4.69, 9.17) is 0 Å². The molecule has 1 aromatic rings. The van der Waals surface area contributed by atoms with Gasteiger partial charge in [0.2, 0.25) is 11.8 Å². The van der Waals surface area contributed by atoms with E-state index in [0.717, 1.165) is 11.3 Å². The van der Waals surface area contributed by atoms with Crippen LogP contribution in [0, 0.1) is 11.3 Å². The lowest BCUT2D eigenvalue weighted by molar-refractivity contribution is -0.134. The van der Waals surface area contributed by atoms with Crippen molar-refractivity contribution >= 4 is 17.5 Å². The summed E-state index contributed by atoms with van der Waals surface area (Å²) in [4.78, 5) is 25.1. The van der Waals surface area contributed by atoms with Gasteiger partial charge in [0.15, 0.2) is 0 Å². The smallest absolute Gasteiger partial charge is 0.240 e. The number of para-hydroxylation sites is 1. The van der Waals surface area contributed by atoms with Crippen molar-refractivity contribution in [3.05, 3.63) is 29.8 Å². The van der Waals surface area contributed by atoms with E-state index >= 15 is 0 Å². The highest BCUT2D eigenvalue weighted by atomic mass is 16.2. The summed E-state index contributed by atoms with van der Waals surface area (Å²) in [5.41, 5.74) is 0.931. The first-order valence-corrected chi connectivity index (χ1v) is 8.36. The average Bonchev–Trinajstić information content (AvgIpc) is 3.25. The van der Waals surface area contributed by atoms with E-state index in [1.54, 1.807) is 0 Å². The third-order valence-corrected chi connectivity index (χ3v) is 4.27. The molecule has 2 amide bonds. The molecular weight excluding hydrogens is 288 g/mol. The summed E-state index contributed by atoms with van der Waals surface area (Å²) < 4.78 is 0. The molecule has 0 spiro atoms. The summed E-state index contributed by atoms with van der Waals surface area (Å²) in [5, 5.41) is 5.89. The first kappa shape index (κ1) is 17.5. The van der Waals surface area contributed by atoms with Crippen LogP contribution in [-0.2, 0) is 15.0 Å². The van der Waals surface area contributed by atoms with E-state index in [1.165, 1.54) is 0 Å². The van der Waals surface area contributed by atoms with Gasteiger partial charge in [0, 0.05) is 12.2 Å². The zero-order valence-corrected chi connectivity index (χ0v) is 14.8. The number of carbonyl (C=O) groups is 2. The van der Waals surface area contributed by atoms with Gasteiger partial charge in [-0.05, 0) is 35.8 Å². The van der Waals surface area contributed by atoms with Gasteiger partial charge >= 0.3 is 0 Å². The molecule has 1 saturated carbocycles. The largest absolute Gasteiger partial charge is 0.355 e. The van der Waals surface area contributed by atoms with E-state index in [9.17, 15) is 9.59 Å². The van der Waals surface area contributed by atoms with Gasteiger partial charge in [-0.15, -0.1) is 0 Å². The summed E-state index contributed by atoms with van der Waals surface area (Å²) in [6, 6.07) is 7.80. The number of amides is 2. The Morgan fingerprint density at radius 3 is 2.26 bits per heavy atom. The molecule has 0 atom stereocenters. The number of nitrogens with one attached hydrogen (secondary N) is 2. The van der Waals surface area contributed by atoms with Gasteiger partial charge in [-0.3, -0.25) is 9.59 Å². The number of hydrogen-bond donors (Lipinski definition) is 2. The first-order chi connectivity index (χ1) is 10.7. The lowest BCUT2D eigenvalue weighted by Crippen LogP contribution is -2.41. The molecule has 0 aliphatic heterocycles. The predicted octanol–water partition coefficient (Wildman–Crippen LogP) is 3.48. The minimum absolute atomic E-state index is 0.0690. The number of hydrogen-bond acceptors (Lipinski definition) is 2. The summed E-state index contributed by atoms with van der Waals surface area (Å²) in [7, 11) is 0. The standard InChI is InChI=1S/C19H28N2O2/c1-13(2)12-20-16(22)19(10-11-19)17(23)21-15-9-7-6-8-14(15)18(3,4)5/h6-9,13H,10-12H2,1-5H3,(H,20,22)(H,21,23). The fraction of sp³-hybridized carbons (Fsp3) is 0.579. The quantitative estimate of drug-likeness (QED) is 0.817. The molecule has 4 nitrogen and oxygen atoms in total. The molecule has 1 aliphatic carbocycles. The van der Waals surface area contributed by atoms with Crippen molar-refractivity contribution in [1.82, 2.24) is 5.32 Å². The van der Waals surface area contributed by atoms with Crippen LogP contribution in [0.25, 0.3) is 0 Å². The van der Waals surface area contributed by atoms with E-state index in [0.29, 0.717) is 25.3 Å². The fourth-order valence-electron chi connectivity index (χ4n) is 2.64. The van der Waals surface area contributed by atoms with Gasteiger partial charge in [0.1, 0.15) is 5.41 Å². The summed E-state index contributed by atoms with van der Waals surface area (Å²) in [6.45, 7) is 11.0. The Kier molecular flexibility index (Phi) is 4.83. The molecule has 4 heteroatoms. The maximum atomic E-state index is 12.7. The molecule has 0 aromatic heterocycles. The zero-order chi connectivity index (χ0) is 17.3. The predicted molar refractivity (Wildman–Crippen MR) is 93.3 cm³/mol. The number of anilines is 1. The SMILES string of the molecule is CC(C)CNC(=O)C1(C(=O)Nc2ccccc2C(C)(C)C)CC1. The normalized spacial score (nSPS) is 16.1. The highest BCUT2D eigenvalue weighted by Crippen LogP contribution is 2.47. The molecule has 126 valence electrons. The van der Waals surface area contributed by atoms with E-state index in [1.807, 2.05) is 38.1 Å². The highest BCUT2D eigenvalue weighted by molar-refractivity contribution is 6.13. The van der Waals surface area contributed by atoms with Gasteiger partial charge in [-0.25, -0.2) is 0 Å². The molecule has 1 aromatic carbocycles. The van der Waals surface area contributed by atoms with Crippen LogP contribution in [0.5, 0.6) is 0 Å². The number of benzene rings is 1. The second kappa shape index (κ2) is 6.34. The van der Waals surface area contributed by atoms with Gasteiger partial charge < -0.3 is 10.6 Å². The lowest BCUT2D eigenvalue weighted by atomic mass is 9.85. The van der Waals surface area contributed by atoms with E-state index in [2.05, 4.69) is 31.4 Å². The topological polar surface area (TPSA) is 58.2 Å². The Hall–Kier alpha value is -1.84. The summed E-state index contributed by atoms with van der Waals surface area (Å²) in [5.74, 6) is 0.0480. The van der Waals surface area contributed by atoms with Crippen LogP contribution in [0.15, 0.2) is 24.3 Å². The number of carbonyl (C=O) groups excluding carboxylic acids is 2. The molecule has 0 bridgehead atoms. The second-order valence-electron chi connectivity index (χ2n) is 7.94. The zero-order valence-electron chi connectivity index (χ0n) is 14.8. The molecule has 1 fully saturated rings. The van der Waals surface area contributed by atoms with E-state index in [-0.39, 0.29) is 17.2 Å². The molecule has 1 aliphatic rings. The van der Waals surface area contributed by atoms with Crippen LogP contribution >= 0.6 is 0 Å². The first-order valence-electron chi connectivity index (χ1n) is 8.36. The van der Waals surface area contributed by atoms with Crippen molar-refractivity contribution < 1.29 is 9.59 Å². The Bertz CT molecular complexity index is 596. The van der Waals surface area contributed by atoms with Crippen LogP contribution in [0.4, 0.5) is 5.69 Å². The van der Waals surface area contributed by atoms with Crippen molar-refractivity contribution in [2.24, 2.45) is 11.3 Å². The minimum atomic E-state index is -0.875. The molecule has 23 heavy (non-hydrogen) atoms. The van der Waals surface area contributed by atoms with Crippen molar-refractivity contribution in [2.45, 2.75) is 52.9 Å². The third kappa shape index (κ3) is 3.92. The highest BCUT2D eigenvalue weighted by Gasteiger charge is 2.56. The maximum Gasteiger partial charge on any atom is 0.240 e. The van der Waals surface area contributed by atoms with Crippen molar-refractivity contribution in [3.63, 3.8) is 0 Å². The van der Waals surface area contributed by atoms with Gasteiger partial charge in [-0.2, -0.15) is 0 Å². The monoisotopic (exact) mass is 316 g/mol. The molecule has 0 saturated heterocycles. The van der Waals surface area contributed by atoms with Gasteiger partial charge in [-0.1, -0.05) is 52.8 Å². The molecule has 0 heterocycles. The third-order valence-electron chi connectivity index (χ3n) is 4.27. The minimum Gasteiger partial charge on any atom is -0.355 e. The summed E-state index contributed by atoms with van der Waals surface area (Å²) in [6.07, 6.45) is 1.25. The van der Waals surface area contributed by atoms with Crippen LogP contribution in [0.1, 0.15) is 53.0 Å². The van der Waals surface area contributed by atoms with Crippen molar-refractivity contribution in [3.8, 4) is 0 Å². The van der Waals surface area contributed by atoms with Crippen molar-refractivity contribution in [2.75, 3.05) is 11.9 Å². The molecule has 2 N–H and O–H groups in total. The van der Waals surface area contributed by atoms with Gasteiger partial charge in [0.25, 0.3) is 0 Å². The lowest BCUT2D eigenvalue weighted by Gasteiger charge is -2.24. The van der Waals surface area contributed by atoms with Crippen molar-refractivity contribution in [1.29, 1.82) is 0 Å². The average molecular weight is 316 g/mol. The maximum absolute atomic E-state index is 12.7. The Labute approximate surface area is 139 Å². The molecule has 2 rings (SSSR count). The fourth-order valence-corrected chi connectivity index (χ4v) is 2.64. The number of rotatable bonds is 5. The van der Waals surface area contributed by atoms with Crippen LogP contribution in [-0.4, -0.2) is 18.4 Å². The molecule has 0 radical (unpaired) electrons. The molecule has 0 unspecified atom stereocenters.